The van der Waals surface area contributed by atoms with E-state index in [1.807, 2.05) is 6.07 Å². The molecule has 0 fully saturated rings. The van der Waals surface area contributed by atoms with E-state index in [1.165, 1.54) is 18.4 Å². The van der Waals surface area contributed by atoms with Gasteiger partial charge in [-0.15, -0.1) is 0 Å². The van der Waals surface area contributed by atoms with Gasteiger partial charge in [0.25, 0.3) is 0 Å². The molecule has 0 atom stereocenters. The van der Waals surface area contributed by atoms with Crippen LogP contribution in [-0.4, -0.2) is 19.5 Å². The zero-order valence-corrected chi connectivity index (χ0v) is 14.6. The van der Waals surface area contributed by atoms with Crippen LogP contribution in [0, 0.1) is 17.2 Å². The zero-order valence-electron chi connectivity index (χ0n) is 14.6. The number of hydrogen-bond donors (Lipinski definition) is 0. The van der Waals surface area contributed by atoms with E-state index in [0.29, 0.717) is 29.6 Å². The lowest BCUT2D eigenvalue weighted by Crippen LogP contribution is -2.03. The summed E-state index contributed by atoms with van der Waals surface area (Å²) in [5, 5.41) is 9.27. The third kappa shape index (κ3) is 4.98. The number of ether oxygens (including phenoxy) is 2. The van der Waals surface area contributed by atoms with E-state index in [9.17, 15) is 10.1 Å². The van der Waals surface area contributed by atoms with Crippen molar-refractivity contribution in [2.24, 2.45) is 5.92 Å². The summed E-state index contributed by atoms with van der Waals surface area (Å²) < 4.78 is 16.1. The second-order valence-electron chi connectivity index (χ2n) is 5.92. The number of benzene rings is 1. The number of rotatable bonds is 8. The Hall–Kier alpha value is -3.00. The third-order valence-electron chi connectivity index (χ3n) is 3.56. The highest BCUT2D eigenvalue weighted by molar-refractivity contribution is 6.12. The first-order valence-electron chi connectivity index (χ1n) is 8.06. The van der Waals surface area contributed by atoms with Crippen LogP contribution in [0.1, 0.15) is 36.4 Å². The van der Waals surface area contributed by atoms with E-state index in [1.54, 1.807) is 31.4 Å². The Balaban J connectivity index is 2.21. The Morgan fingerprint density at radius 2 is 2.12 bits per heavy atom. The SMILES string of the molecule is COc1cc(/C=C(\C#N)C(=O)c2ccco2)ccc1OCCC(C)C. The number of ketones is 1. The lowest BCUT2D eigenvalue weighted by molar-refractivity contribution is 0.101. The molecule has 2 aromatic rings. The standard InChI is InChI=1S/C20H21NO4/c1-14(2)8-10-25-17-7-6-15(12-19(17)23-3)11-16(13-21)20(22)18-5-4-9-24-18/h4-7,9,11-12,14H,8,10H2,1-3H3/b16-11+. The average molecular weight is 339 g/mol. The number of hydrogen-bond acceptors (Lipinski definition) is 5. The number of furan rings is 1. The minimum absolute atomic E-state index is 0.00882. The molecule has 1 heterocycles. The van der Waals surface area contributed by atoms with Gasteiger partial charge in [0, 0.05) is 0 Å². The highest BCUT2D eigenvalue weighted by Gasteiger charge is 2.15. The molecule has 0 bridgehead atoms. The number of allylic oxidation sites excluding steroid dienone is 1. The minimum atomic E-state index is -0.455. The van der Waals surface area contributed by atoms with Gasteiger partial charge in [-0.1, -0.05) is 19.9 Å². The maximum absolute atomic E-state index is 12.2. The maximum atomic E-state index is 12.2. The van der Waals surface area contributed by atoms with Crippen LogP contribution >= 0.6 is 0 Å². The molecule has 0 saturated carbocycles. The number of nitrogens with zero attached hydrogens (tertiary/aromatic N) is 1. The number of nitriles is 1. The molecule has 2 rings (SSSR count). The van der Waals surface area contributed by atoms with Crippen molar-refractivity contribution in [3.05, 3.63) is 53.5 Å². The largest absolute Gasteiger partial charge is 0.493 e. The molecular formula is C20H21NO4. The molecule has 25 heavy (non-hydrogen) atoms. The molecule has 130 valence electrons. The van der Waals surface area contributed by atoms with Gasteiger partial charge in [-0.2, -0.15) is 5.26 Å². The summed E-state index contributed by atoms with van der Waals surface area (Å²) in [7, 11) is 1.55. The van der Waals surface area contributed by atoms with Gasteiger partial charge in [-0.3, -0.25) is 4.79 Å². The molecule has 0 saturated heterocycles. The number of Topliss-reactive ketones (excluding diaryl/α,β-unsaturated/α-hetero) is 1. The van der Waals surface area contributed by atoms with Crippen molar-refractivity contribution in [2.45, 2.75) is 20.3 Å². The van der Waals surface area contributed by atoms with Crippen molar-refractivity contribution in [3.63, 3.8) is 0 Å². The summed E-state index contributed by atoms with van der Waals surface area (Å²) in [4.78, 5) is 12.2. The van der Waals surface area contributed by atoms with Gasteiger partial charge in [0.05, 0.1) is 20.0 Å². The second-order valence-corrected chi connectivity index (χ2v) is 5.92. The van der Waals surface area contributed by atoms with Gasteiger partial charge in [0.1, 0.15) is 11.6 Å². The van der Waals surface area contributed by atoms with Crippen molar-refractivity contribution in [3.8, 4) is 17.6 Å². The molecule has 0 unspecified atom stereocenters. The first-order valence-corrected chi connectivity index (χ1v) is 8.06. The van der Waals surface area contributed by atoms with Gasteiger partial charge in [-0.25, -0.2) is 0 Å². The quantitative estimate of drug-likeness (QED) is 0.402. The Morgan fingerprint density at radius 1 is 1.32 bits per heavy atom. The molecule has 0 spiro atoms. The molecule has 5 heteroatoms. The summed E-state index contributed by atoms with van der Waals surface area (Å²) in [5.41, 5.74) is 0.662. The first kappa shape index (κ1) is 18.3. The molecule has 5 nitrogen and oxygen atoms in total. The molecule has 0 amide bonds. The monoisotopic (exact) mass is 339 g/mol. The topological polar surface area (TPSA) is 72.5 Å². The fourth-order valence-corrected chi connectivity index (χ4v) is 2.15. The van der Waals surface area contributed by atoms with Gasteiger partial charge in [0.2, 0.25) is 5.78 Å². The Kier molecular flexibility index (Phi) is 6.41. The van der Waals surface area contributed by atoms with Gasteiger partial charge >= 0.3 is 0 Å². The summed E-state index contributed by atoms with van der Waals surface area (Å²) in [6, 6.07) is 10.3. The Morgan fingerprint density at radius 3 is 2.72 bits per heavy atom. The molecule has 1 aromatic heterocycles. The van der Waals surface area contributed by atoms with E-state index in [2.05, 4.69) is 13.8 Å². The van der Waals surface area contributed by atoms with Crippen LogP contribution in [-0.2, 0) is 0 Å². The summed E-state index contributed by atoms with van der Waals surface area (Å²) >= 11 is 0. The van der Waals surface area contributed by atoms with Crippen LogP contribution < -0.4 is 9.47 Å². The maximum Gasteiger partial charge on any atom is 0.238 e. The third-order valence-corrected chi connectivity index (χ3v) is 3.56. The molecule has 0 N–H and O–H groups in total. The van der Waals surface area contributed by atoms with Gasteiger partial charge in [-0.05, 0) is 48.2 Å². The van der Waals surface area contributed by atoms with Crippen LogP contribution in [0.25, 0.3) is 6.08 Å². The van der Waals surface area contributed by atoms with E-state index in [4.69, 9.17) is 13.9 Å². The van der Waals surface area contributed by atoms with E-state index in [0.717, 1.165) is 6.42 Å². The molecule has 0 aliphatic rings. The minimum Gasteiger partial charge on any atom is -0.493 e. The first-order chi connectivity index (χ1) is 12.0. The van der Waals surface area contributed by atoms with Crippen molar-refractivity contribution in [1.82, 2.24) is 0 Å². The predicted octanol–water partition coefficient (Wildman–Crippen LogP) is 4.50. The summed E-state index contributed by atoms with van der Waals surface area (Å²) in [6.07, 6.45) is 3.85. The molecule has 0 radical (unpaired) electrons. The smallest absolute Gasteiger partial charge is 0.238 e. The normalized spacial score (nSPS) is 11.2. The lowest BCUT2D eigenvalue weighted by atomic mass is 10.1. The van der Waals surface area contributed by atoms with Crippen LogP contribution in [0.5, 0.6) is 11.5 Å². The molecular weight excluding hydrogens is 318 g/mol. The Labute approximate surface area is 147 Å². The van der Waals surface area contributed by atoms with Gasteiger partial charge in [0.15, 0.2) is 17.3 Å². The van der Waals surface area contributed by atoms with Crippen LogP contribution in [0.3, 0.4) is 0 Å². The van der Waals surface area contributed by atoms with E-state index < -0.39 is 5.78 Å². The summed E-state index contributed by atoms with van der Waals surface area (Å²) in [6.45, 7) is 4.87. The van der Waals surface area contributed by atoms with Crippen LogP contribution in [0.4, 0.5) is 0 Å². The predicted molar refractivity (Wildman–Crippen MR) is 94.6 cm³/mol. The van der Waals surface area contributed by atoms with Gasteiger partial charge < -0.3 is 13.9 Å². The highest BCUT2D eigenvalue weighted by Crippen LogP contribution is 2.29. The zero-order chi connectivity index (χ0) is 18.2. The summed E-state index contributed by atoms with van der Waals surface area (Å²) in [5.74, 6) is 1.42. The lowest BCUT2D eigenvalue weighted by Gasteiger charge is -2.12. The fraction of sp³-hybridized carbons (Fsp3) is 0.300. The highest BCUT2D eigenvalue weighted by atomic mass is 16.5. The van der Waals surface area contributed by atoms with Crippen LogP contribution in [0.15, 0.2) is 46.6 Å². The van der Waals surface area contributed by atoms with E-state index >= 15 is 0 Å². The average Bonchev–Trinajstić information content (AvgIpc) is 3.14. The van der Waals surface area contributed by atoms with Crippen molar-refractivity contribution < 1.29 is 18.7 Å². The number of carbonyl (C=O) groups excluding carboxylic acids is 1. The molecule has 0 aliphatic heterocycles. The number of carbonyl (C=O) groups is 1. The van der Waals surface area contributed by atoms with Crippen LogP contribution in [0.2, 0.25) is 0 Å². The van der Waals surface area contributed by atoms with E-state index in [-0.39, 0.29) is 11.3 Å². The van der Waals surface area contributed by atoms with Crippen molar-refractivity contribution in [2.75, 3.05) is 13.7 Å². The number of methoxy groups -OCH3 is 1. The van der Waals surface area contributed by atoms with Crippen molar-refractivity contribution in [1.29, 1.82) is 5.26 Å². The second kappa shape index (κ2) is 8.74. The van der Waals surface area contributed by atoms with Crippen molar-refractivity contribution >= 4 is 11.9 Å². The molecule has 0 aliphatic carbocycles. The fourth-order valence-electron chi connectivity index (χ4n) is 2.15. The Bertz CT molecular complexity index is 783. The molecule has 1 aromatic carbocycles.